The fourth-order valence-electron chi connectivity index (χ4n) is 3.27. The van der Waals surface area contributed by atoms with E-state index in [9.17, 15) is 24.3 Å². The van der Waals surface area contributed by atoms with E-state index >= 15 is 0 Å². The number of nitrogens with zero attached hydrogens (tertiary/aromatic N) is 4. The van der Waals surface area contributed by atoms with Gasteiger partial charge in [0.2, 0.25) is 0 Å². The summed E-state index contributed by atoms with van der Waals surface area (Å²) in [7, 11) is 1.31. The van der Waals surface area contributed by atoms with E-state index in [0.717, 1.165) is 15.5 Å². The molecule has 3 rings (SSSR count). The SMILES string of the molecule is CC(C)Cn1c(=O)n(C)c(=O)c2c1ncn2C1(O)C(=O)CC(C)C1=O. The van der Waals surface area contributed by atoms with Crippen molar-refractivity contribution in [2.75, 3.05) is 0 Å². The number of fused-ring (bicyclic) bond motifs is 1. The number of carbonyl (C=O) groups is 2. The molecular weight excluding hydrogens is 328 g/mol. The molecule has 1 aliphatic rings. The van der Waals surface area contributed by atoms with Crippen molar-refractivity contribution >= 4 is 22.7 Å². The summed E-state index contributed by atoms with van der Waals surface area (Å²) < 4.78 is 3.11. The van der Waals surface area contributed by atoms with Crippen LogP contribution in [0.3, 0.4) is 0 Å². The Balaban J connectivity index is 2.39. The van der Waals surface area contributed by atoms with Crippen LogP contribution in [0.2, 0.25) is 0 Å². The third kappa shape index (κ3) is 2.22. The third-order valence-corrected chi connectivity index (χ3v) is 4.60. The van der Waals surface area contributed by atoms with Crippen LogP contribution >= 0.6 is 0 Å². The second kappa shape index (κ2) is 5.48. The standard InChI is InChI=1S/C16H20N4O5/c1-8(2)6-19-13-11(14(23)18(4)15(19)24)20(7-17-13)16(25)10(21)5-9(3)12(16)22/h7-9,25H,5-6H2,1-4H3. The highest BCUT2D eigenvalue weighted by molar-refractivity contribution is 6.15. The lowest BCUT2D eigenvalue weighted by molar-refractivity contribution is -0.155. The minimum absolute atomic E-state index is 0.0513. The number of ketones is 2. The summed E-state index contributed by atoms with van der Waals surface area (Å²) in [5.74, 6) is -1.92. The molecule has 2 aromatic heterocycles. The molecule has 0 bridgehead atoms. The zero-order valence-corrected chi connectivity index (χ0v) is 14.5. The lowest BCUT2D eigenvalue weighted by Gasteiger charge is -2.22. The molecule has 1 aliphatic carbocycles. The fourth-order valence-corrected chi connectivity index (χ4v) is 3.27. The maximum absolute atomic E-state index is 12.6. The van der Waals surface area contributed by atoms with Gasteiger partial charge in [-0.25, -0.2) is 9.78 Å². The Hall–Kier alpha value is -2.55. The van der Waals surface area contributed by atoms with E-state index in [1.807, 2.05) is 13.8 Å². The molecule has 9 nitrogen and oxygen atoms in total. The van der Waals surface area contributed by atoms with Crippen molar-refractivity contribution < 1.29 is 14.7 Å². The van der Waals surface area contributed by atoms with Crippen LogP contribution in [0.4, 0.5) is 0 Å². The first-order valence-electron chi connectivity index (χ1n) is 8.08. The first-order valence-corrected chi connectivity index (χ1v) is 8.08. The molecule has 0 saturated heterocycles. The van der Waals surface area contributed by atoms with Gasteiger partial charge >= 0.3 is 5.69 Å². The Kier molecular flexibility index (Phi) is 3.79. The van der Waals surface area contributed by atoms with Crippen LogP contribution in [0.1, 0.15) is 27.2 Å². The third-order valence-electron chi connectivity index (χ3n) is 4.60. The smallest absolute Gasteiger partial charge is 0.332 e. The van der Waals surface area contributed by atoms with Gasteiger partial charge < -0.3 is 5.11 Å². The molecule has 1 saturated carbocycles. The number of hydrogen-bond donors (Lipinski definition) is 1. The second-order valence-corrected chi connectivity index (χ2v) is 7.00. The summed E-state index contributed by atoms with van der Waals surface area (Å²) in [6.07, 6.45) is 0.969. The van der Waals surface area contributed by atoms with Gasteiger partial charge in [0.25, 0.3) is 11.3 Å². The van der Waals surface area contributed by atoms with Crippen LogP contribution in [-0.2, 0) is 28.9 Å². The largest absolute Gasteiger partial charge is 0.358 e. The minimum atomic E-state index is -2.46. The highest BCUT2D eigenvalue weighted by Crippen LogP contribution is 2.33. The van der Waals surface area contributed by atoms with Gasteiger partial charge in [-0.2, -0.15) is 0 Å². The monoisotopic (exact) mass is 348 g/mol. The molecule has 25 heavy (non-hydrogen) atoms. The average Bonchev–Trinajstić information content (AvgIpc) is 3.06. The molecule has 1 N–H and O–H groups in total. The van der Waals surface area contributed by atoms with E-state index in [4.69, 9.17) is 0 Å². The summed E-state index contributed by atoms with van der Waals surface area (Å²) >= 11 is 0. The first kappa shape index (κ1) is 17.3. The van der Waals surface area contributed by atoms with Gasteiger partial charge in [-0.15, -0.1) is 0 Å². The molecule has 2 atom stereocenters. The van der Waals surface area contributed by atoms with Crippen LogP contribution < -0.4 is 11.2 Å². The number of hydrogen-bond acceptors (Lipinski definition) is 6. The Morgan fingerprint density at radius 2 is 1.96 bits per heavy atom. The quantitative estimate of drug-likeness (QED) is 0.739. The molecule has 9 heteroatoms. The molecule has 0 amide bonds. The number of aliphatic hydroxyl groups is 1. The van der Waals surface area contributed by atoms with Crippen LogP contribution in [0.25, 0.3) is 11.2 Å². The van der Waals surface area contributed by atoms with E-state index in [2.05, 4.69) is 4.98 Å². The molecule has 1 fully saturated rings. The van der Waals surface area contributed by atoms with Gasteiger partial charge in [0.15, 0.2) is 22.7 Å². The summed E-state index contributed by atoms with van der Waals surface area (Å²) in [4.78, 5) is 53.8. The predicted octanol–water partition coefficient (Wildman–Crippen LogP) is -0.624. The van der Waals surface area contributed by atoms with Gasteiger partial charge in [-0.3, -0.25) is 28.1 Å². The molecule has 134 valence electrons. The zero-order chi connectivity index (χ0) is 18.7. The molecule has 0 radical (unpaired) electrons. The minimum Gasteiger partial charge on any atom is -0.358 e. The van der Waals surface area contributed by atoms with Crippen molar-refractivity contribution in [3.8, 4) is 0 Å². The van der Waals surface area contributed by atoms with E-state index in [1.165, 1.54) is 11.6 Å². The normalized spacial score (nSPS) is 24.0. The van der Waals surface area contributed by atoms with Crippen LogP contribution in [0.5, 0.6) is 0 Å². The van der Waals surface area contributed by atoms with Crippen molar-refractivity contribution in [2.24, 2.45) is 18.9 Å². The Labute approximate surface area is 142 Å². The van der Waals surface area contributed by atoms with Gasteiger partial charge in [0.1, 0.15) is 6.33 Å². The second-order valence-electron chi connectivity index (χ2n) is 7.00. The van der Waals surface area contributed by atoms with E-state index < -0.39 is 34.5 Å². The first-order chi connectivity index (χ1) is 11.6. The van der Waals surface area contributed by atoms with Crippen molar-refractivity contribution in [1.82, 2.24) is 18.7 Å². The summed E-state index contributed by atoms with van der Waals surface area (Å²) in [6.45, 7) is 5.65. The zero-order valence-electron chi connectivity index (χ0n) is 14.5. The lowest BCUT2D eigenvalue weighted by atomic mass is 10.1. The molecule has 2 heterocycles. The van der Waals surface area contributed by atoms with Gasteiger partial charge in [0, 0.05) is 25.9 Å². The molecule has 0 aliphatic heterocycles. The Morgan fingerprint density at radius 1 is 1.32 bits per heavy atom. The highest BCUT2D eigenvalue weighted by atomic mass is 16.3. The molecule has 0 spiro atoms. The van der Waals surface area contributed by atoms with Gasteiger partial charge in [0.05, 0.1) is 0 Å². The topological polar surface area (TPSA) is 116 Å². The van der Waals surface area contributed by atoms with Crippen LogP contribution in [-0.4, -0.2) is 35.4 Å². The molecule has 0 aromatic carbocycles. The van der Waals surface area contributed by atoms with Crippen molar-refractivity contribution in [2.45, 2.75) is 39.5 Å². The van der Waals surface area contributed by atoms with E-state index in [0.29, 0.717) is 6.54 Å². The molecule has 2 aromatic rings. The molecule has 2 unspecified atom stereocenters. The Bertz CT molecular complexity index is 1010. The fraction of sp³-hybridized carbons (Fsp3) is 0.562. The van der Waals surface area contributed by atoms with Crippen LogP contribution in [0.15, 0.2) is 15.9 Å². The number of carbonyl (C=O) groups excluding carboxylic acids is 2. The average molecular weight is 348 g/mol. The Morgan fingerprint density at radius 3 is 2.48 bits per heavy atom. The van der Waals surface area contributed by atoms with Crippen molar-refractivity contribution in [3.05, 3.63) is 27.2 Å². The van der Waals surface area contributed by atoms with Crippen molar-refractivity contribution in [3.63, 3.8) is 0 Å². The van der Waals surface area contributed by atoms with Gasteiger partial charge in [-0.1, -0.05) is 20.8 Å². The predicted molar refractivity (Wildman–Crippen MR) is 88.1 cm³/mol. The number of Topliss-reactive ketones (excluding diaryl/α,β-unsaturated/α-hetero) is 2. The number of rotatable bonds is 3. The van der Waals surface area contributed by atoms with E-state index in [-0.39, 0.29) is 23.5 Å². The summed E-state index contributed by atoms with van der Waals surface area (Å²) in [5, 5.41) is 10.8. The highest BCUT2D eigenvalue weighted by Gasteiger charge is 2.54. The molecular formula is C16H20N4O5. The summed E-state index contributed by atoms with van der Waals surface area (Å²) in [5.41, 5.74) is -3.80. The number of aromatic nitrogens is 4. The van der Waals surface area contributed by atoms with Crippen LogP contribution in [0, 0.1) is 11.8 Å². The lowest BCUT2D eigenvalue weighted by Crippen LogP contribution is -2.46. The maximum Gasteiger partial charge on any atom is 0.332 e. The maximum atomic E-state index is 12.6. The summed E-state index contributed by atoms with van der Waals surface area (Å²) in [6, 6.07) is 0. The van der Waals surface area contributed by atoms with Crippen molar-refractivity contribution in [1.29, 1.82) is 0 Å². The number of imidazole rings is 1. The van der Waals surface area contributed by atoms with Gasteiger partial charge in [-0.05, 0) is 5.92 Å². The van der Waals surface area contributed by atoms with E-state index in [1.54, 1.807) is 6.92 Å².